The molecule has 4 rings (SSSR count). The van der Waals surface area contributed by atoms with Crippen molar-refractivity contribution >= 4 is 21.7 Å². The number of carbonyl (C=O) groups excluding carboxylic acids is 1. The van der Waals surface area contributed by atoms with Crippen LogP contribution < -0.4 is 4.74 Å². The van der Waals surface area contributed by atoms with Crippen molar-refractivity contribution in [3.05, 3.63) is 69.5 Å². The molecular weight excluding hydrogens is 678 g/mol. The minimum Gasteiger partial charge on any atom is -0.496 e. The van der Waals surface area contributed by atoms with Gasteiger partial charge in [0.05, 0.1) is 24.3 Å². The van der Waals surface area contributed by atoms with E-state index in [4.69, 9.17) is 9.47 Å². The summed E-state index contributed by atoms with van der Waals surface area (Å²) in [7, 11) is -4.70. The van der Waals surface area contributed by atoms with Crippen molar-refractivity contribution < 1.29 is 66.6 Å². The van der Waals surface area contributed by atoms with Gasteiger partial charge in [-0.25, -0.2) is 17.6 Å². The average molecular weight is 707 g/mol. The summed E-state index contributed by atoms with van der Waals surface area (Å²) in [5.74, 6) is -1.31. The number of halogens is 10. The number of cyclic esters (lactones) is 1. The highest BCUT2D eigenvalue weighted by molar-refractivity contribution is 7.90. The third-order valence-electron chi connectivity index (χ3n) is 8.01. The summed E-state index contributed by atoms with van der Waals surface area (Å²) in [4.78, 5) is 14.0. The molecule has 1 saturated heterocycles. The van der Waals surface area contributed by atoms with E-state index in [0.717, 1.165) is 18.1 Å². The van der Waals surface area contributed by atoms with Gasteiger partial charge >= 0.3 is 34.0 Å². The van der Waals surface area contributed by atoms with Crippen LogP contribution in [0.3, 0.4) is 0 Å². The van der Waals surface area contributed by atoms with Gasteiger partial charge in [0, 0.05) is 31.3 Å². The van der Waals surface area contributed by atoms with Crippen LogP contribution in [0.1, 0.15) is 67.0 Å². The van der Waals surface area contributed by atoms with E-state index in [1.807, 2.05) is 0 Å². The highest BCUT2D eigenvalue weighted by Gasteiger charge is 2.51. The molecule has 2 aliphatic heterocycles. The molecule has 0 aliphatic carbocycles. The van der Waals surface area contributed by atoms with E-state index in [1.165, 1.54) is 13.0 Å². The Bertz CT molecular complexity index is 1650. The summed E-state index contributed by atoms with van der Waals surface area (Å²) in [5.41, 5.74) is -9.26. The predicted molar refractivity (Wildman–Crippen MR) is 147 cm³/mol. The van der Waals surface area contributed by atoms with E-state index >= 15 is 0 Å². The Kier molecular flexibility index (Phi) is 9.64. The normalized spacial score (nSPS) is 20.3. The number of hydrogen-bond acceptors (Lipinski definition) is 5. The first kappa shape index (κ1) is 36.3. The van der Waals surface area contributed by atoms with Crippen molar-refractivity contribution in [2.75, 3.05) is 26.7 Å². The number of methoxy groups -OCH3 is 1. The monoisotopic (exact) mass is 706 g/mol. The van der Waals surface area contributed by atoms with E-state index in [2.05, 4.69) is 0 Å². The highest BCUT2D eigenvalue weighted by atomic mass is 32.2. The van der Waals surface area contributed by atoms with Crippen LogP contribution in [0.2, 0.25) is 0 Å². The number of nitrogens with zero attached hydrogens (tertiary/aromatic N) is 2. The number of amides is 1. The van der Waals surface area contributed by atoms with Crippen LogP contribution in [0, 0.1) is 5.82 Å². The van der Waals surface area contributed by atoms with Gasteiger partial charge < -0.3 is 9.47 Å². The van der Waals surface area contributed by atoms with Gasteiger partial charge in [0.15, 0.2) is 0 Å². The van der Waals surface area contributed by atoms with Crippen molar-refractivity contribution in [1.29, 1.82) is 0 Å². The smallest absolute Gasteiger partial charge is 0.496 e. The molecule has 2 aromatic carbocycles. The maximum Gasteiger partial charge on any atom is 0.511 e. The van der Waals surface area contributed by atoms with E-state index in [9.17, 15) is 57.1 Å². The molecule has 0 radical (unpaired) electrons. The molecule has 0 N–H and O–H groups in total. The van der Waals surface area contributed by atoms with Crippen molar-refractivity contribution in [1.82, 2.24) is 9.21 Å². The summed E-state index contributed by atoms with van der Waals surface area (Å²) >= 11 is 0. The van der Waals surface area contributed by atoms with Crippen LogP contribution in [0.5, 0.6) is 5.75 Å². The SMILES string of the molecule is COc1cc(F)c(C(C)C)cc1C1=C(CN2C(=O)O[C@H](c3cc(C(F)(F)F)cc(C(F)(F)F)c3)[C@@H]2C)CCN(S(=O)(=O)C(F)(F)F)C1. The standard InChI is InChI=1S/C29H28F10N2O5S/c1-14(2)20-10-21(24(45-4)11-23(20)30)22-13-40(47(43,44)29(37,38)39)6-5-16(22)12-41-15(3)25(46-26(41)42)17-7-18(27(31,32)33)9-19(8-17)28(34,35)36/h7-11,14-15,25H,5-6,12-13H2,1-4H3/t15-,25-/m0/s1. The number of alkyl halides is 9. The molecule has 1 fully saturated rings. The number of benzene rings is 2. The summed E-state index contributed by atoms with van der Waals surface area (Å²) in [6, 6.07) is 1.84. The van der Waals surface area contributed by atoms with Crippen LogP contribution in [-0.4, -0.2) is 62.0 Å². The van der Waals surface area contributed by atoms with Gasteiger partial charge in [0.2, 0.25) is 0 Å². The molecule has 2 atom stereocenters. The fourth-order valence-electron chi connectivity index (χ4n) is 5.51. The van der Waals surface area contributed by atoms with E-state index in [-0.39, 0.29) is 44.8 Å². The number of rotatable bonds is 7. The Balaban J connectivity index is 1.81. The fourth-order valence-corrected chi connectivity index (χ4v) is 6.43. The van der Waals surface area contributed by atoms with Crippen LogP contribution in [0.25, 0.3) is 5.57 Å². The van der Waals surface area contributed by atoms with Crippen molar-refractivity contribution in [2.24, 2.45) is 0 Å². The minimum atomic E-state index is -5.85. The quantitative estimate of drug-likeness (QED) is 0.274. The second kappa shape index (κ2) is 12.5. The first-order valence-corrected chi connectivity index (χ1v) is 15.3. The molecule has 7 nitrogen and oxygen atoms in total. The Morgan fingerprint density at radius 3 is 2.02 bits per heavy atom. The summed E-state index contributed by atoms with van der Waals surface area (Å²) < 4.78 is 172. The lowest BCUT2D eigenvalue weighted by atomic mass is 9.90. The number of carbonyl (C=O) groups is 1. The van der Waals surface area contributed by atoms with E-state index in [1.54, 1.807) is 13.8 Å². The Hall–Kier alpha value is -3.54. The van der Waals surface area contributed by atoms with Crippen LogP contribution in [-0.2, 0) is 27.1 Å². The number of ether oxygens (including phenoxy) is 2. The second-order valence-electron chi connectivity index (χ2n) is 11.4. The Morgan fingerprint density at radius 2 is 1.53 bits per heavy atom. The van der Waals surface area contributed by atoms with Gasteiger partial charge in [0.25, 0.3) is 0 Å². The lowest BCUT2D eigenvalue weighted by molar-refractivity contribution is -0.143. The largest absolute Gasteiger partial charge is 0.511 e. The summed E-state index contributed by atoms with van der Waals surface area (Å²) in [5, 5.41) is 0. The molecular formula is C29H28F10N2O5S. The fraction of sp³-hybridized carbons (Fsp3) is 0.483. The molecule has 0 aromatic heterocycles. The molecule has 0 spiro atoms. The van der Waals surface area contributed by atoms with Gasteiger partial charge in [-0.05, 0) is 65.8 Å². The van der Waals surface area contributed by atoms with Crippen LogP contribution in [0.4, 0.5) is 48.7 Å². The van der Waals surface area contributed by atoms with Gasteiger partial charge in [-0.1, -0.05) is 13.8 Å². The average Bonchev–Trinajstić information content (AvgIpc) is 3.23. The first-order chi connectivity index (χ1) is 21.5. The maximum absolute atomic E-state index is 14.8. The molecule has 18 heteroatoms. The molecule has 2 aliphatic rings. The second-order valence-corrected chi connectivity index (χ2v) is 13.3. The van der Waals surface area contributed by atoms with Gasteiger partial charge in [0.1, 0.15) is 17.7 Å². The zero-order valence-electron chi connectivity index (χ0n) is 25.1. The first-order valence-electron chi connectivity index (χ1n) is 13.9. The van der Waals surface area contributed by atoms with Gasteiger partial charge in [-0.15, -0.1) is 0 Å². The molecule has 2 heterocycles. The molecule has 0 unspecified atom stereocenters. The molecule has 260 valence electrons. The lowest BCUT2D eigenvalue weighted by Crippen LogP contribution is -2.45. The summed E-state index contributed by atoms with van der Waals surface area (Å²) in [6.45, 7) is 2.53. The van der Waals surface area contributed by atoms with E-state index < -0.39 is 94.2 Å². The highest BCUT2D eigenvalue weighted by Crippen LogP contribution is 2.43. The lowest BCUT2D eigenvalue weighted by Gasteiger charge is -2.33. The number of hydrogen-bond donors (Lipinski definition) is 0. The molecule has 47 heavy (non-hydrogen) atoms. The third kappa shape index (κ3) is 7.17. The zero-order chi connectivity index (χ0) is 35.4. The summed E-state index contributed by atoms with van der Waals surface area (Å²) in [6.07, 6.45) is -13.5. The zero-order valence-corrected chi connectivity index (χ0v) is 25.9. The van der Waals surface area contributed by atoms with E-state index in [0.29, 0.717) is 12.1 Å². The van der Waals surface area contributed by atoms with Crippen molar-refractivity contribution in [3.63, 3.8) is 0 Å². The maximum atomic E-state index is 14.8. The van der Waals surface area contributed by atoms with Crippen LogP contribution >= 0.6 is 0 Å². The van der Waals surface area contributed by atoms with Crippen molar-refractivity contribution in [3.8, 4) is 5.75 Å². The van der Waals surface area contributed by atoms with Crippen LogP contribution in [0.15, 0.2) is 35.9 Å². The molecule has 0 bridgehead atoms. The third-order valence-corrected chi connectivity index (χ3v) is 9.59. The minimum absolute atomic E-state index is 0.0270. The van der Waals surface area contributed by atoms with Gasteiger partial charge in [-0.2, -0.15) is 43.8 Å². The predicted octanol–water partition coefficient (Wildman–Crippen LogP) is 7.89. The Morgan fingerprint density at radius 1 is 0.957 bits per heavy atom. The molecule has 1 amide bonds. The molecule has 0 saturated carbocycles. The Labute approximate surface area is 262 Å². The van der Waals surface area contributed by atoms with Crippen molar-refractivity contribution in [2.45, 2.75) is 63.1 Å². The topological polar surface area (TPSA) is 76.2 Å². The molecule has 2 aromatic rings. The number of sulfonamides is 1. The van der Waals surface area contributed by atoms with Gasteiger partial charge in [-0.3, -0.25) is 4.90 Å².